The highest BCUT2D eigenvalue weighted by molar-refractivity contribution is 7.80. The molecule has 0 aliphatic carbocycles. The maximum Gasteiger partial charge on any atom is 0.123 e. The van der Waals surface area contributed by atoms with Crippen molar-refractivity contribution in [2.75, 3.05) is 7.05 Å². The lowest BCUT2D eigenvalue weighted by Crippen LogP contribution is -2.28. The van der Waals surface area contributed by atoms with E-state index in [1.54, 1.807) is 12.1 Å². The van der Waals surface area contributed by atoms with E-state index in [4.69, 9.17) is 18.0 Å². The summed E-state index contributed by atoms with van der Waals surface area (Å²) in [5.74, 6) is -0.216. The van der Waals surface area contributed by atoms with Crippen LogP contribution in [0.25, 0.3) is 0 Å². The number of nitrogens with two attached hydrogens (primary N) is 1. The third kappa shape index (κ3) is 4.62. The highest BCUT2D eigenvalue weighted by atomic mass is 32.1. The zero-order chi connectivity index (χ0) is 15.2. The number of halogens is 1. The molecule has 2 nitrogen and oxygen atoms in total. The van der Waals surface area contributed by atoms with Gasteiger partial charge in [-0.15, -0.1) is 0 Å². The molecule has 0 fully saturated rings. The Morgan fingerprint density at radius 1 is 1.19 bits per heavy atom. The monoisotopic (exact) mass is 302 g/mol. The maximum atomic E-state index is 13.3. The van der Waals surface area contributed by atoms with Gasteiger partial charge in [-0.25, -0.2) is 4.39 Å². The summed E-state index contributed by atoms with van der Waals surface area (Å²) < 4.78 is 13.3. The van der Waals surface area contributed by atoms with Gasteiger partial charge in [-0.05, 0) is 30.3 Å². The van der Waals surface area contributed by atoms with E-state index in [0.717, 1.165) is 11.1 Å². The van der Waals surface area contributed by atoms with Gasteiger partial charge in [0.25, 0.3) is 0 Å². The molecule has 2 aromatic rings. The lowest BCUT2D eigenvalue weighted by molar-refractivity contribution is 0.242. The molecule has 2 N–H and O–H groups in total. The van der Waals surface area contributed by atoms with Gasteiger partial charge < -0.3 is 5.73 Å². The van der Waals surface area contributed by atoms with Gasteiger partial charge in [0.2, 0.25) is 0 Å². The normalized spacial score (nSPS) is 12.3. The highest BCUT2D eigenvalue weighted by Crippen LogP contribution is 2.24. The first-order valence-electron chi connectivity index (χ1n) is 6.84. The van der Waals surface area contributed by atoms with Crippen molar-refractivity contribution in [3.05, 3.63) is 71.5 Å². The lowest BCUT2D eigenvalue weighted by atomic mass is 10.0. The van der Waals surface area contributed by atoms with Crippen LogP contribution in [0.4, 0.5) is 4.39 Å². The standard InChI is InChI=1S/C17H19FN2S/c1-20(12-13-6-5-9-15(18)10-13)16(11-17(19)21)14-7-3-2-4-8-14/h2-10,16H,11-12H2,1H3,(H2,19,21). The SMILES string of the molecule is CN(Cc1cccc(F)c1)C(CC(N)=S)c1ccccc1. The lowest BCUT2D eigenvalue weighted by Gasteiger charge is -2.28. The van der Waals surface area contributed by atoms with E-state index in [1.807, 2.05) is 31.3 Å². The summed E-state index contributed by atoms with van der Waals surface area (Å²) >= 11 is 5.07. The number of rotatable bonds is 6. The summed E-state index contributed by atoms with van der Waals surface area (Å²) in [5.41, 5.74) is 7.82. The number of hydrogen-bond donors (Lipinski definition) is 1. The molecule has 4 heteroatoms. The summed E-state index contributed by atoms with van der Waals surface area (Å²) in [6.45, 7) is 0.639. The summed E-state index contributed by atoms with van der Waals surface area (Å²) in [6.07, 6.45) is 0.602. The molecule has 110 valence electrons. The minimum absolute atomic E-state index is 0.0898. The van der Waals surface area contributed by atoms with Gasteiger partial charge in [-0.1, -0.05) is 54.7 Å². The summed E-state index contributed by atoms with van der Waals surface area (Å²) in [4.78, 5) is 2.62. The van der Waals surface area contributed by atoms with Crippen LogP contribution in [-0.2, 0) is 6.54 Å². The van der Waals surface area contributed by atoms with E-state index in [-0.39, 0.29) is 11.9 Å². The smallest absolute Gasteiger partial charge is 0.123 e. The zero-order valence-corrected chi connectivity index (χ0v) is 12.8. The molecule has 1 unspecified atom stereocenters. The summed E-state index contributed by atoms with van der Waals surface area (Å²) in [6, 6.07) is 16.8. The Bertz CT molecular complexity index is 601. The van der Waals surface area contributed by atoms with Gasteiger partial charge in [0, 0.05) is 19.0 Å². The fourth-order valence-electron chi connectivity index (χ4n) is 2.43. The predicted octanol–water partition coefficient (Wildman–Crippen LogP) is 3.68. The van der Waals surface area contributed by atoms with Crippen molar-refractivity contribution in [1.29, 1.82) is 0 Å². The molecule has 0 radical (unpaired) electrons. The van der Waals surface area contributed by atoms with Crippen molar-refractivity contribution in [3.8, 4) is 0 Å². The Morgan fingerprint density at radius 2 is 1.90 bits per heavy atom. The first-order chi connectivity index (χ1) is 10.1. The van der Waals surface area contributed by atoms with Gasteiger partial charge in [-0.2, -0.15) is 0 Å². The van der Waals surface area contributed by atoms with Gasteiger partial charge >= 0.3 is 0 Å². The Morgan fingerprint density at radius 3 is 2.52 bits per heavy atom. The van der Waals surface area contributed by atoms with Crippen molar-refractivity contribution in [2.24, 2.45) is 5.73 Å². The predicted molar refractivity (Wildman–Crippen MR) is 88.5 cm³/mol. The minimum atomic E-state index is -0.216. The van der Waals surface area contributed by atoms with Crippen molar-refractivity contribution in [1.82, 2.24) is 4.90 Å². The maximum absolute atomic E-state index is 13.3. The molecule has 1 atom stereocenters. The molecule has 2 aromatic carbocycles. The van der Waals surface area contributed by atoms with E-state index in [2.05, 4.69) is 17.0 Å². The third-order valence-electron chi connectivity index (χ3n) is 3.43. The topological polar surface area (TPSA) is 29.3 Å². The average molecular weight is 302 g/mol. The second-order valence-corrected chi connectivity index (χ2v) is 5.67. The number of nitrogens with zero attached hydrogens (tertiary/aromatic N) is 1. The van der Waals surface area contributed by atoms with Crippen molar-refractivity contribution >= 4 is 17.2 Å². The second kappa shape index (κ2) is 7.29. The summed E-state index contributed by atoms with van der Waals surface area (Å²) in [5, 5.41) is 0. The molecular formula is C17H19FN2S. The molecular weight excluding hydrogens is 283 g/mol. The molecule has 0 spiro atoms. The Labute approximate surface area is 130 Å². The first kappa shape index (κ1) is 15.6. The molecule has 0 bridgehead atoms. The molecule has 21 heavy (non-hydrogen) atoms. The quantitative estimate of drug-likeness (QED) is 0.826. The van der Waals surface area contributed by atoms with Gasteiger partial charge in [0.05, 0.1) is 4.99 Å². The van der Waals surface area contributed by atoms with E-state index >= 15 is 0 Å². The van der Waals surface area contributed by atoms with Crippen LogP contribution in [0.2, 0.25) is 0 Å². The average Bonchev–Trinajstić information content (AvgIpc) is 2.45. The van der Waals surface area contributed by atoms with E-state index in [0.29, 0.717) is 18.0 Å². The second-order valence-electron chi connectivity index (χ2n) is 5.14. The number of thiocarbonyl (C=S) groups is 1. The number of benzene rings is 2. The molecule has 0 amide bonds. The van der Waals surface area contributed by atoms with E-state index < -0.39 is 0 Å². The van der Waals surface area contributed by atoms with Gasteiger partial charge in [0.15, 0.2) is 0 Å². The third-order valence-corrected chi connectivity index (χ3v) is 3.60. The highest BCUT2D eigenvalue weighted by Gasteiger charge is 2.18. The fraction of sp³-hybridized carbons (Fsp3) is 0.235. The Hall–Kier alpha value is -1.78. The van der Waals surface area contributed by atoms with Crippen LogP contribution in [0, 0.1) is 5.82 Å². The minimum Gasteiger partial charge on any atom is -0.393 e. The van der Waals surface area contributed by atoms with Crippen LogP contribution in [0.3, 0.4) is 0 Å². The fourth-order valence-corrected chi connectivity index (χ4v) is 2.59. The zero-order valence-electron chi connectivity index (χ0n) is 12.0. The molecule has 0 saturated carbocycles. The van der Waals surface area contributed by atoms with E-state index in [1.165, 1.54) is 6.07 Å². The largest absolute Gasteiger partial charge is 0.393 e. The van der Waals surface area contributed by atoms with Crippen LogP contribution >= 0.6 is 12.2 Å². The molecule has 0 aromatic heterocycles. The Balaban J connectivity index is 2.18. The molecule has 0 aliphatic rings. The van der Waals surface area contributed by atoms with Crippen LogP contribution in [0.1, 0.15) is 23.6 Å². The van der Waals surface area contributed by atoms with Crippen LogP contribution < -0.4 is 5.73 Å². The van der Waals surface area contributed by atoms with Crippen LogP contribution in [0.15, 0.2) is 54.6 Å². The van der Waals surface area contributed by atoms with Crippen molar-refractivity contribution in [3.63, 3.8) is 0 Å². The Kier molecular flexibility index (Phi) is 5.42. The van der Waals surface area contributed by atoms with Crippen molar-refractivity contribution in [2.45, 2.75) is 19.0 Å². The molecule has 0 aliphatic heterocycles. The van der Waals surface area contributed by atoms with Crippen LogP contribution in [0.5, 0.6) is 0 Å². The van der Waals surface area contributed by atoms with Gasteiger partial charge in [-0.3, -0.25) is 4.90 Å². The number of hydrogen-bond acceptors (Lipinski definition) is 2. The first-order valence-corrected chi connectivity index (χ1v) is 7.25. The summed E-state index contributed by atoms with van der Waals surface area (Å²) in [7, 11) is 2.00. The molecule has 0 heterocycles. The van der Waals surface area contributed by atoms with Gasteiger partial charge in [0.1, 0.15) is 5.82 Å². The van der Waals surface area contributed by atoms with Crippen LogP contribution in [-0.4, -0.2) is 16.9 Å². The van der Waals surface area contributed by atoms with Crippen molar-refractivity contribution < 1.29 is 4.39 Å². The molecule has 0 saturated heterocycles. The molecule has 2 rings (SSSR count). The van der Waals surface area contributed by atoms with E-state index in [9.17, 15) is 4.39 Å².